The Labute approximate surface area is 128 Å². The van der Waals surface area contributed by atoms with Gasteiger partial charge in [-0.3, -0.25) is 0 Å². The van der Waals surface area contributed by atoms with Gasteiger partial charge in [-0.25, -0.2) is 9.78 Å². The molecule has 1 saturated carbocycles. The van der Waals surface area contributed by atoms with E-state index in [0.717, 1.165) is 19.3 Å². The van der Waals surface area contributed by atoms with Crippen LogP contribution in [0.3, 0.4) is 0 Å². The van der Waals surface area contributed by atoms with Gasteiger partial charge in [0.25, 0.3) is 0 Å². The third kappa shape index (κ3) is 3.09. The van der Waals surface area contributed by atoms with E-state index in [1.165, 1.54) is 0 Å². The normalized spacial score (nSPS) is 20.3. The number of imidazole rings is 1. The van der Waals surface area contributed by atoms with Gasteiger partial charge in [-0.05, 0) is 37.5 Å². The molecular weight excluding hydrogens is 278 g/mol. The van der Waals surface area contributed by atoms with Gasteiger partial charge in [-0.2, -0.15) is 5.26 Å². The number of nitriles is 1. The minimum atomic E-state index is -0.243. The third-order valence-electron chi connectivity index (χ3n) is 3.95. The molecule has 3 rings (SSSR count). The quantitative estimate of drug-likeness (QED) is 0.913. The van der Waals surface area contributed by atoms with Crippen LogP contribution < -0.4 is 10.6 Å². The number of amides is 2. The molecule has 0 spiro atoms. The molecular formula is C16H17N5O. The number of hydrogen-bond acceptors (Lipinski definition) is 3. The van der Waals surface area contributed by atoms with Crippen molar-refractivity contribution in [2.75, 3.05) is 5.32 Å². The van der Waals surface area contributed by atoms with Crippen molar-refractivity contribution in [1.82, 2.24) is 14.9 Å². The number of nitrogens with zero attached hydrogens (tertiary/aromatic N) is 3. The Morgan fingerprint density at radius 1 is 1.41 bits per heavy atom. The van der Waals surface area contributed by atoms with Crippen LogP contribution in [0, 0.1) is 11.3 Å². The molecule has 0 bridgehead atoms. The highest BCUT2D eigenvalue weighted by Gasteiger charge is 2.29. The molecule has 6 heteroatoms. The van der Waals surface area contributed by atoms with E-state index in [9.17, 15) is 4.79 Å². The smallest absolute Gasteiger partial charge is 0.319 e. The minimum Gasteiger partial charge on any atom is -0.333 e. The van der Waals surface area contributed by atoms with E-state index in [0.29, 0.717) is 11.3 Å². The number of carbonyl (C=O) groups excluding carboxylic acids is 1. The first-order valence-corrected chi connectivity index (χ1v) is 7.31. The largest absolute Gasteiger partial charge is 0.333 e. The van der Waals surface area contributed by atoms with Gasteiger partial charge in [-0.1, -0.05) is 6.07 Å². The standard InChI is InChI=1S/C16H17N5O/c17-10-12-3-1-4-13(9-12)19-16(22)20-14-5-2-6-15(14)21-8-7-18-11-21/h1,3-4,7-9,11,14-15H,2,5-6H2,(H2,19,20,22). The number of benzene rings is 1. The van der Waals surface area contributed by atoms with Crippen LogP contribution in [-0.2, 0) is 0 Å². The summed E-state index contributed by atoms with van der Waals surface area (Å²) in [6.07, 6.45) is 8.54. The molecule has 112 valence electrons. The van der Waals surface area contributed by atoms with Gasteiger partial charge in [0.15, 0.2) is 0 Å². The highest BCUT2D eigenvalue weighted by atomic mass is 16.2. The van der Waals surface area contributed by atoms with Gasteiger partial charge in [0, 0.05) is 18.1 Å². The highest BCUT2D eigenvalue weighted by molar-refractivity contribution is 5.89. The molecule has 0 aliphatic heterocycles. The van der Waals surface area contributed by atoms with Gasteiger partial charge in [0.05, 0.1) is 30.0 Å². The molecule has 2 unspecified atom stereocenters. The van der Waals surface area contributed by atoms with Gasteiger partial charge in [0.1, 0.15) is 0 Å². The van der Waals surface area contributed by atoms with Crippen LogP contribution >= 0.6 is 0 Å². The number of carbonyl (C=O) groups is 1. The molecule has 1 aromatic heterocycles. The topological polar surface area (TPSA) is 82.7 Å². The first kappa shape index (κ1) is 14.1. The van der Waals surface area contributed by atoms with E-state index in [2.05, 4.69) is 21.7 Å². The lowest BCUT2D eigenvalue weighted by Crippen LogP contribution is -2.40. The summed E-state index contributed by atoms with van der Waals surface area (Å²) in [6.45, 7) is 0. The zero-order valence-corrected chi connectivity index (χ0v) is 12.1. The Morgan fingerprint density at radius 3 is 3.09 bits per heavy atom. The molecule has 0 saturated heterocycles. The maximum absolute atomic E-state index is 12.2. The Kier molecular flexibility index (Phi) is 4.05. The fourth-order valence-electron chi connectivity index (χ4n) is 2.93. The molecule has 2 atom stereocenters. The monoisotopic (exact) mass is 295 g/mol. The molecule has 1 aromatic carbocycles. The molecule has 22 heavy (non-hydrogen) atoms. The Balaban J connectivity index is 1.62. The van der Waals surface area contributed by atoms with Crippen molar-refractivity contribution >= 4 is 11.7 Å². The summed E-state index contributed by atoms with van der Waals surface area (Å²) in [4.78, 5) is 16.2. The van der Waals surface area contributed by atoms with Gasteiger partial charge in [0.2, 0.25) is 0 Å². The molecule has 6 nitrogen and oxygen atoms in total. The van der Waals surface area contributed by atoms with Crippen LogP contribution in [0.2, 0.25) is 0 Å². The van der Waals surface area contributed by atoms with E-state index >= 15 is 0 Å². The minimum absolute atomic E-state index is 0.0911. The lowest BCUT2D eigenvalue weighted by atomic mass is 10.1. The fourth-order valence-corrected chi connectivity index (χ4v) is 2.93. The third-order valence-corrected chi connectivity index (χ3v) is 3.95. The summed E-state index contributed by atoms with van der Waals surface area (Å²) < 4.78 is 2.05. The predicted octanol–water partition coefficient (Wildman–Crippen LogP) is 2.67. The average Bonchev–Trinajstić information content (AvgIpc) is 3.18. The molecule has 0 radical (unpaired) electrons. The van der Waals surface area contributed by atoms with Crippen molar-refractivity contribution in [2.24, 2.45) is 0 Å². The summed E-state index contributed by atoms with van der Waals surface area (Å²) in [5, 5.41) is 14.7. The van der Waals surface area contributed by atoms with E-state index in [-0.39, 0.29) is 18.1 Å². The Bertz CT molecular complexity index is 689. The first-order valence-electron chi connectivity index (χ1n) is 7.31. The molecule has 1 fully saturated rings. The van der Waals surface area contributed by atoms with Crippen LogP contribution in [0.15, 0.2) is 43.0 Å². The fraction of sp³-hybridized carbons (Fsp3) is 0.312. The molecule has 2 amide bonds. The summed E-state index contributed by atoms with van der Waals surface area (Å²) in [7, 11) is 0. The first-order chi connectivity index (χ1) is 10.8. The molecule has 1 heterocycles. The van der Waals surface area contributed by atoms with Crippen molar-refractivity contribution in [2.45, 2.75) is 31.3 Å². The van der Waals surface area contributed by atoms with Crippen LogP contribution in [0.1, 0.15) is 30.9 Å². The SMILES string of the molecule is N#Cc1cccc(NC(=O)NC2CCCC2n2ccnc2)c1. The van der Waals surface area contributed by atoms with E-state index in [1.54, 1.807) is 36.8 Å². The Morgan fingerprint density at radius 2 is 2.32 bits per heavy atom. The van der Waals surface area contributed by atoms with Crippen LogP contribution in [0.5, 0.6) is 0 Å². The number of aromatic nitrogens is 2. The van der Waals surface area contributed by atoms with Gasteiger partial charge in [-0.15, -0.1) is 0 Å². The Hall–Kier alpha value is -2.81. The number of rotatable bonds is 3. The van der Waals surface area contributed by atoms with E-state index in [1.807, 2.05) is 10.8 Å². The lowest BCUT2D eigenvalue weighted by Gasteiger charge is -2.22. The van der Waals surface area contributed by atoms with Crippen molar-refractivity contribution < 1.29 is 4.79 Å². The van der Waals surface area contributed by atoms with E-state index in [4.69, 9.17) is 5.26 Å². The molecule has 1 aliphatic carbocycles. The summed E-state index contributed by atoms with van der Waals surface area (Å²) in [5.74, 6) is 0. The number of hydrogen-bond donors (Lipinski definition) is 2. The average molecular weight is 295 g/mol. The second kappa shape index (κ2) is 6.31. The van der Waals surface area contributed by atoms with Gasteiger partial charge < -0.3 is 15.2 Å². The number of anilines is 1. The number of nitrogens with one attached hydrogen (secondary N) is 2. The second-order valence-electron chi connectivity index (χ2n) is 5.41. The molecule has 2 N–H and O–H groups in total. The summed E-state index contributed by atoms with van der Waals surface area (Å²) >= 11 is 0. The predicted molar refractivity (Wildman–Crippen MR) is 82.2 cm³/mol. The van der Waals surface area contributed by atoms with E-state index < -0.39 is 0 Å². The zero-order chi connectivity index (χ0) is 15.4. The van der Waals surface area contributed by atoms with Crippen molar-refractivity contribution in [3.05, 3.63) is 48.5 Å². The summed E-state index contributed by atoms with van der Waals surface area (Å²) in [5.41, 5.74) is 1.14. The van der Waals surface area contributed by atoms with Crippen LogP contribution in [-0.4, -0.2) is 21.6 Å². The van der Waals surface area contributed by atoms with Gasteiger partial charge >= 0.3 is 6.03 Å². The number of urea groups is 1. The maximum atomic E-state index is 12.2. The molecule has 1 aliphatic rings. The van der Waals surface area contributed by atoms with Crippen molar-refractivity contribution in [1.29, 1.82) is 5.26 Å². The summed E-state index contributed by atoms with van der Waals surface area (Å²) in [6, 6.07) is 9.03. The van der Waals surface area contributed by atoms with Crippen LogP contribution in [0.4, 0.5) is 10.5 Å². The second-order valence-corrected chi connectivity index (χ2v) is 5.41. The maximum Gasteiger partial charge on any atom is 0.319 e. The zero-order valence-electron chi connectivity index (χ0n) is 12.1. The molecule has 2 aromatic rings. The lowest BCUT2D eigenvalue weighted by molar-refractivity contribution is 0.245. The van der Waals surface area contributed by atoms with Crippen molar-refractivity contribution in [3.8, 4) is 6.07 Å². The van der Waals surface area contributed by atoms with Crippen molar-refractivity contribution in [3.63, 3.8) is 0 Å². The van der Waals surface area contributed by atoms with Crippen LogP contribution in [0.25, 0.3) is 0 Å². The highest BCUT2D eigenvalue weighted by Crippen LogP contribution is 2.29.